The van der Waals surface area contributed by atoms with Gasteiger partial charge in [0.2, 0.25) is 5.91 Å². The van der Waals surface area contributed by atoms with Crippen LogP contribution in [-0.2, 0) is 11.2 Å². The molecule has 144 valence electrons. The minimum absolute atomic E-state index is 0.00581. The third-order valence-corrected chi connectivity index (χ3v) is 4.30. The Morgan fingerprint density at radius 3 is 2.64 bits per heavy atom. The maximum atomic E-state index is 13.5. The van der Waals surface area contributed by atoms with Gasteiger partial charge in [0.1, 0.15) is 5.82 Å². The van der Waals surface area contributed by atoms with Crippen molar-refractivity contribution in [3.8, 4) is 11.3 Å². The van der Waals surface area contributed by atoms with Crippen LogP contribution in [0.15, 0.2) is 53.1 Å². The number of aryl methyl sites for hydroxylation is 1. The second-order valence-corrected chi connectivity index (χ2v) is 6.57. The minimum atomic E-state index is -0.748. The Hall–Kier alpha value is -2.90. The van der Waals surface area contributed by atoms with Crippen LogP contribution in [0.4, 0.5) is 4.39 Å². The number of amides is 2. The Balaban J connectivity index is 1.52. The number of hydrogen-bond donors (Lipinski definition) is 2. The standard InChI is InChI=1S/C19H14Cl2FN3O3/c20-11-5-6-12(14(21)9-11)16-10-23-18(28-16)8-7-17(26)24-25-19(27)13-3-1-2-4-15(13)22/h1-6,9-10H,7-8H2,(H,24,26)(H,25,27). The van der Waals surface area contributed by atoms with Gasteiger partial charge in [0.15, 0.2) is 11.7 Å². The molecule has 0 bridgehead atoms. The molecule has 1 aromatic heterocycles. The summed E-state index contributed by atoms with van der Waals surface area (Å²) in [5, 5.41) is 0.923. The molecule has 6 nitrogen and oxygen atoms in total. The number of rotatable bonds is 5. The minimum Gasteiger partial charge on any atom is -0.441 e. The molecule has 2 amide bonds. The van der Waals surface area contributed by atoms with E-state index in [-0.39, 0.29) is 18.4 Å². The number of carbonyl (C=O) groups excluding carboxylic acids is 2. The maximum Gasteiger partial charge on any atom is 0.272 e. The van der Waals surface area contributed by atoms with Gasteiger partial charge >= 0.3 is 0 Å². The van der Waals surface area contributed by atoms with Gasteiger partial charge in [-0.3, -0.25) is 20.4 Å². The van der Waals surface area contributed by atoms with Gasteiger partial charge in [0.05, 0.1) is 16.8 Å². The summed E-state index contributed by atoms with van der Waals surface area (Å²) in [5.74, 6) is -1.12. The Labute approximate surface area is 169 Å². The molecule has 3 rings (SSSR count). The number of nitrogens with one attached hydrogen (secondary N) is 2. The van der Waals surface area contributed by atoms with E-state index < -0.39 is 17.6 Å². The highest BCUT2D eigenvalue weighted by atomic mass is 35.5. The molecule has 0 unspecified atom stereocenters. The highest BCUT2D eigenvalue weighted by Gasteiger charge is 2.14. The highest BCUT2D eigenvalue weighted by molar-refractivity contribution is 6.36. The van der Waals surface area contributed by atoms with Gasteiger partial charge in [-0.1, -0.05) is 35.3 Å². The Kier molecular flexibility index (Phi) is 6.28. The number of hydrazine groups is 1. The van der Waals surface area contributed by atoms with Crippen LogP contribution in [0.25, 0.3) is 11.3 Å². The van der Waals surface area contributed by atoms with Crippen LogP contribution in [0.1, 0.15) is 22.7 Å². The van der Waals surface area contributed by atoms with E-state index >= 15 is 0 Å². The van der Waals surface area contributed by atoms with Crippen LogP contribution < -0.4 is 10.9 Å². The van der Waals surface area contributed by atoms with E-state index in [2.05, 4.69) is 15.8 Å². The van der Waals surface area contributed by atoms with Crippen molar-refractivity contribution in [2.45, 2.75) is 12.8 Å². The van der Waals surface area contributed by atoms with Crippen molar-refractivity contribution >= 4 is 35.0 Å². The first kappa shape index (κ1) is 19.9. The number of aromatic nitrogens is 1. The molecule has 0 saturated carbocycles. The van der Waals surface area contributed by atoms with E-state index in [1.807, 2.05) is 0 Å². The molecule has 0 atom stereocenters. The summed E-state index contributed by atoms with van der Waals surface area (Å²) >= 11 is 12.0. The quantitative estimate of drug-likeness (QED) is 0.605. The van der Waals surface area contributed by atoms with E-state index in [9.17, 15) is 14.0 Å². The topological polar surface area (TPSA) is 84.2 Å². The van der Waals surface area contributed by atoms with Crippen LogP contribution in [0.2, 0.25) is 10.0 Å². The lowest BCUT2D eigenvalue weighted by molar-refractivity contribution is -0.121. The summed E-state index contributed by atoms with van der Waals surface area (Å²) < 4.78 is 19.1. The van der Waals surface area contributed by atoms with Crippen LogP contribution >= 0.6 is 23.2 Å². The predicted molar refractivity (Wildman–Crippen MR) is 102 cm³/mol. The fourth-order valence-electron chi connectivity index (χ4n) is 2.36. The molecule has 0 aliphatic heterocycles. The van der Waals surface area contributed by atoms with Crippen molar-refractivity contribution < 1.29 is 18.4 Å². The van der Waals surface area contributed by atoms with Crippen molar-refractivity contribution in [1.29, 1.82) is 0 Å². The van der Waals surface area contributed by atoms with E-state index in [4.69, 9.17) is 27.6 Å². The molecular formula is C19H14Cl2FN3O3. The zero-order valence-corrected chi connectivity index (χ0v) is 15.9. The molecular weight excluding hydrogens is 408 g/mol. The largest absolute Gasteiger partial charge is 0.441 e. The number of nitrogens with zero attached hydrogens (tertiary/aromatic N) is 1. The zero-order chi connectivity index (χ0) is 20.1. The maximum absolute atomic E-state index is 13.5. The molecule has 28 heavy (non-hydrogen) atoms. The molecule has 0 aliphatic rings. The molecule has 9 heteroatoms. The summed E-state index contributed by atoms with van der Waals surface area (Å²) in [6, 6.07) is 10.4. The Bertz CT molecular complexity index is 1020. The molecule has 0 aliphatic carbocycles. The normalized spacial score (nSPS) is 10.5. The summed E-state index contributed by atoms with van der Waals surface area (Å²) in [6.07, 6.45) is 1.71. The lowest BCUT2D eigenvalue weighted by Gasteiger charge is -2.07. The number of oxazole rings is 1. The van der Waals surface area contributed by atoms with Crippen LogP contribution in [0, 0.1) is 5.82 Å². The monoisotopic (exact) mass is 421 g/mol. The molecule has 1 heterocycles. The number of hydrogen-bond acceptors (Lipinski definition) is 4. The molecule has 0 spiro atoms. The van der Waals surface area contributed by atoms with Gasteiger partial charge < -0.3 is 4.42 Å². The van der Waals surface area contributed by atoms with Gasteiger partial charge in [0.25, 0.3) is 5.91 Å². The van der Waals surface area contributed by atoms with Crippen LogP contribution in [-0.4, -0.2) is 16.8 Å². The van der Waals surface area contributed by atoms with Crippen LogP contribution in [0.3, 0.4) is 0 Å². The first-order valence-electron chi connectivity index (χ1n) is 8.18. The predicted octanol–water partition coefficient (Wildman–Crippen LogP) is 4.18. The average Bonchev–Trinajstić information content (AvgIpc) is 3.13. The van der Waals surface area contributed by atoms with Gasteiger partial charge in [-0.15, -0.1) is 0 Å². The molecule has 2 N–H and O–H groups in total. The summed E-state index contributed by atoms with van der Waals surface area (Å²) in [7, 11) is 0. The summed E-state index contributed by atoms with van der Waals surface area (Å²) in [4.78, 5) is 27.8. The third-order valence-electron chi connectivity index (χ3n) is 3.75. The van der Waals surface area contributed by atoms with Crippen LogP contribution in [0.5, 0.6) is 0 Å². The van der Waals surface area contributed by atoms with Crippen molar-refractivity contribution in [2.24, 2.45) is 0 Å². The first-order valence-corrected chi connectivity index (χ1v) is 8.93. The molecule has 0 saturated heterocycles. The third kappa shape index (κ3) is 4.88. The lowest BCUT2D eigenvalue weighted by atomic mass is 10.2. The average molecular weight is 422 g/mol. The van der Waals surface area contributed by atoms with Crippen molar-refractivity contribution in [2.75, 3.05) is 0 Å². The van der Waals surface area contributed by atoms with Gasteiger partial charge in [-0.25, -0.2) is 9.37 Å². The molecule has 2 aromatic carbocycles. The van der Waals surface area contributed by atoms with Crippen molar-refractivity contribution in [3.63, 3.8) is 0 Å². The Morgan fingerprint density at radius 2 is 1.89 bits per heavy atom. The molecule has 0 fully saturated rings. The van der Waals surface area contributed by atoms with Gasteiger partial charge in [-0.2, -0.15) is 0 Å². The highest BCUT2D eigenvalue weighted by Crippen LogP contribution is 2.30. The van der Waals surface area contributed by atoms with E-state index in [1.54, 1.807) is 18.2 Å². The van der Waals surface area contributed by atoms with E-state index in [0.717, 1.165) is 6.07 Å². The molecule has 3 aromatic rings. The zero-order valence-electron chi connectivity index (χ0n) is 14.3. The fraction of sp³-hybridized carbons (Fsp3) is 0.105. The molecule has 0 radical (unpaired) electrons. The SMILES string of the molecule is O=C(CCc1ncc(-c2ccc(Cl)cc2Cl)o1)NNC(=O)c1ccccc1F. The summed E-state index contributed by atoms with van der Waals surface area (Å²) in [5.41, 5.74) is 4.85. The lowest BCUT2D eigenvalue weighted by Crippen LogP contribution is -2.42. The number of halogens is 3. The summed E-state index contributed by atoms with van der Waals surface area (Å²) in [6.45, 7) is 0. The van der Waals surface area contributed by atoms with Gasteiger partial charge in [-0.05, 0) is 30.3 Å². The first-order chi connectivity index (χ1) is 13.4. The number of benzene rings is 2. The van der Waals surface area contributed by atoms with E-state index in [0.29, 0.717) is 27.3 Å². The second-order valence-electron chi connectivity index (χ2n) is 5.72. The van der Waals surface area contributed by atoms with Gasteiger partial charge in [0, 0.05) is 23.4 Å². The fourth-order valence-corrected chi connectivity index (χ4v) is 2.86. The van der Waals surface area contributed by atoms with Crippen molar-refractivity contribution in [3.05, 3.63) is 76.0 Å². The second kappa shape index (κ2) is 8.86. The Morgan fingerprint density at radius 1 is 1.11 bits per heavy atom. The smallest absolute Gasteiger partial charge is 0.272 e. The number of carbonyl (C=O) groups is 2. The van der Waals surface area contributed by atoms with Crippen molar-refractivity contribution in [1.82, 2.24) is 15.8 Å². The van der Waals surface area contributed by atoms with E-state index in [1.165, 1.54) is 24.4 Å².